The molecule has 0 aliphatic rings. The average molecular weight is 352 g/mol. The fourth-order valence-electron chi connectivity index (χ4n) is 2.40. The number of hydrogen-bond acceptors (Lipinski definition) is 2. The van der Waals surface area contributed by atoms with Crippen LogP contribution < -0.4 is 5.32 Å². The Kier molecular flexibility index (Phi) is 5.31. The number of carbonyl (C=O) groups excluding carboxylic acids is 1. The summed E-state index contributed by atoms with van der Waals surface area (Å²) in [5.41, 5.74) is 3.72. The van der Waals surface area contributed by atoms with Crippen molar-refractivity contribution in [1.29, 1.82) is 0 Å². The number of nitrogens with zero attached hydrogens (tertiary/aromatic N) is 2. The van der Waals surface area contributed by atoms with Gasteiger partial charge in [0.05, 0.1) is 6.54 Å². The third-order valence-electron chi connectivity index (χ3n) is 3.72. The van der Waals surface area contributed by atoms with Crippen molar-refractivity contribution in [3.63, 3.8) is 0 Å². The first-order valence-corrected chi connectivity index (χ1v) is 8.29. The fourth-order valence-corrected chi connectivity index (χ4v) is 2.59. The highest BCUT2D eigenvalue weighted by molar-refractivity contribution is 6.31. The number of aryl methyl sites for hydroxylation is 1. The number of benzene rings is 2. The maximum Gasteiger partial charge on any atom is 0.248 e. The first kappa shape index (κ1) is 17.0. The van der Waals surface area contributed by atoms with E-state index < -0.39 is 0 Å². The number of carbonyl (C=O) groups is 1. The van der Waals surface area contributed by atoms with Gasteiger partial charge in [0.25, 0.3) is 0 Å². The van der Waals surface area contributed by atoms with Gasteiger partial charge in [-0.1, -0.05) is 35.9 Å². The molecule has 0 saturated heterocycles. The lowest BCUT2D eigenvalue weighted by Gasteiger charge is -2.06. The summed E-state index contributed by atoms with van der Waals surface area (Å²) in [6, 6.07) is 15.3. The summed E-state index contributed by atoms with van der Waals surface area (Å²) >= 11 is 6.09. The number of nitrogens with one attached hydrogen (secondary N) is 1. The molecule has 4 nitrogen and oxygen atoms in total. The minimum Gasteiger partial charge on any atom is -0.323 e. The molecule has 1 N–H and O–H groups in total. The number of aromatic nitrogens is 2. The van der Waals surface area contributed by atoms with Gasteiger partial charge < -0.3 is 5.32 Å². The van der Waals surface area contributed by atoms with E-state index in [1.807, 2.05) is 66.3 Å². The van der Waals surface area contributed by atoms with Gasteiger partial charge in [-0.05, 0) is 54.0 Å². The molecule has 25 heavy (non-hydrogen) atoms. The van der Waals surface area contributed by atoms with Crippen molar-refractivity contribution in [3.05, 3.63) is 88.7 Å². The van der Waals surface area contributed by atoms with Crippen LogP contribution in [0.5, 0.6) is 0 Å². The Morgan fingerprint density at radius 1 is 1.24 bits per heavy atom. The van der Waals surface area contributed by atoms with E-state index in [4.69, 9.17) is 11.6 Å². The summed E-state index contributed by atoms with van der Waals surface area (Å²) in [4.78, 5) is 12.1. The van der Waals surface area contributed by atoms with E-state index >= 15 is 0 Å². The minimum atomic E-state index is -0.187. The first-order valence-electron chi connectivity index (χ1n) is 7.92. The van der Waals surface area contributed by atoms with Crippen molar-refractivity contribution in [2.75, 3.05) is 5.32 Å². The average Bonchev–Trinajstić information content (AvgIpc) is 3.09. The van der Waals surface area contributed by atoms with Crippen LogP contribution >= 0.6 is 11.6 Å². The van der Waals surface area contributed by atoms with Crippen LogP contribution in [0, 0.1) is 6.92 Å². The number of amides is 1. The maximum absolute atomic E-state index is 12.1. The normalized spacial score (nSPS) is 11.0. The van der Waals surface area contributed by atoms with Gasteiger partial charge in [-0.15, -0.1) is 0 Å². The van der Waals surface area contributed by atoms with Gasteiger partial charge in [-0.3, -0.25) is 9.48 Å². The number of anilines is 1. The van der Waals surface area contributed by atoms with Gasteiger partial charge in [0.1, 0.15) is 0 Å². The van der Waals surface area contributed by atoms with Crippen LogP contribution in [0.1, 0.15) is 16.7 Å². The summed E-state index contributed by atoms with van der Waals surface area (Å²) < 4.78 is 1.84. The van der Waals surface area contributed by atoms with E-state index in [9.17, 15) is 4.79 Å². The molecule has 1 heterocycles. The van der Waals surface area contributed by atoms with Crippen LogP contribution in [0.15, 0.2) is 67.0 Å². The Labute approximate surface area is 151 Å². The summed E-state index contributed by atoms with van der Waals surface area (Å²) in [6.45, 7) is 2.60. The Morgan fingerprint density at radius 2 is 2.12 bits per heavy atom. The second-order valence-electron chi connectivity index (χ2n) is 5.74. The second kappa shape index (κ2) is 7.81. The zero-order valence-corrected chi connectivity index (χ0v) is 14.6. The van der Waals surface area contributed by atoms with E-state index in [-0.39, 0.29) is 5.91 Å². The van der Waals surface area contributed by atoms with Gasteiger partial charge in [-0.2, -0.15) is 5.10 Å². The Balaban J connectivity index is 1.64. The predicted octanol–water partition coefficient (Wildman–Crippen LogP) is 4.55. The largest absolute Gasteiger partial charge is 0.323 e. The summed E-state index contributed by atoms with van der Waals surface area (Å²) in [7, 11) is 0. The minimum absolute atomic E-state index is 0.187. The van der Waals surface area contributed by atoms with Crippen LogP contribution in [0.3, 0.4) is 0 Å². The van der Waals surface area contributed by atoms with Crippen molar-refractivity contribution < 1.29 is 4.79 Å². The van der Waals surface area contributed by atoms with Crippen LogP contribution in [-0.2, 0) is 11.3 Å². The molecule has 0 aliphatic carbocycles. The van der Waals surface area contributed by atoms with Gasteiger partial charge in [-0.25, -0.2) is 0 Å². The fraction of sp³-hybridized carbons (Fsp3) is 0.100. The molecule has 0 spiro atoms. The van der Waals surface area contributed by atoms with Crippen LogP contribution in [-0.4, -0.2) is 15.7 Å². The Morgan fingerprint density at radius 3 is 2.88 bits per heavy atom. The molecule has 5 heteroatoms. The molecule has 3 rings (SSSR count). The van der Waals surface area contributed by atoms with Gasteiger partial charge in [0.15, 0.2) is 0 Å². The third kappa shape index (κ3) is 4.81. The van der Waals surface area contributed by atoms with E-state index in [0.29, 0.717) is 11.6 Å². The standard InChI is InChI=1S/C20H18ClN3O/c1-15-6-7-16(13-19(15)21)8-9-20(25)23-18-5-2-4-17(12-18)14-24-11-3-10-22-24/h2-13H,14H2,1H3,(H,23,25). The molecule has 2 aromatic carbocycles. The van der Waals surface area contributed by atoms with Gasteiger partial charge >= 0.3 is 0 Å². The molecule has 3 aromatic rings. The molecule has 0 fully saturated rings. The zero-order valence-electron chi connectivity index (χ0n) is 13.8. The topological polar surface area (TPSA) is 46.9 Å². The van der Waals surface area contributed by atoms with Gasteiger partial charge in [0.2, 0.25) is 5.91 Å². The molecule has 1 amide bonds. The molecule has 1 aromatic heterocycles. The molecule has 0 unspecified atom stereocenters. The molecule has 126 valence electrons. The quantitative estimate of drug-likeness (QED) is 0.686. The molecule has 0 atom stereocenters. The molecular weight excluding hydrogens is 334 g/mol. The number of rotatable bonds is 5. The molecule has 0 saturated carbocycles. The van der Waals surface area contributed by atoms with E-state index in [0.717, 1.165) is 22.4 Å². The molecule has 0 radical (unpaired) electrons. The van der Waals surface area contributed by atoms with Crippen molar-refractivity contribution in [3.8, 4) is 0 Å². The lowest BCUT2D eigenvalue weighted by Crippen LogP contribution is -2.08. The third-order valence-corrected chi connectivity index (χ3v) is 4.13. The smallest absolute Gasteiger partial charge is 0.248 e. The van der Waals surface area contributed by atoms with E-state index in [1.54, 1.807) is 12.3 Å². The van der Waals surface area contributed by atoms with Gasteiger partial charge in [0, 0.05) is 29.2 Å². The van der Waals surface area contributed by atoms with Crippen molar-refractivity contribution in [1.82, 2.24) is 9.78 Å². The monoisotopic (exact) mass is 351 g/mol. The van der Waals surface area contributed by atoms with E-state index in [2.05, 4.69) is 10.4 Å². The molecule has 0 aliphatic heterocycles. The van der Waals surface area contributed by atoms with Crippen molar-refractivity contribution >= 4 is 29.3 Å². The predicted molar refractivity (Wildman–Crippen MR) is 102 cm³/mol. The maximum atomic E-state index is 12.1. The number of hydrogen-bond donors (Lipinski definition) is 1. The Bertz CT molecular complexity index is 901. The first-order chi connectivity index (χ1) is 12.1. The summed E-state index contributed by atoms with van der Waals surface area (Å²) in [6.07, 6.45) is 6.89. The molecular formula is C20H18ClN3O. The lowest BCUT2D eigenvalue weighted by molar-refractivity contribution is -0.111. The SMILES string of the molecule is Cc1ccc(C=CC(=O)Nc2cccc(Cn3cccn3)c2)cc1Cl. The highest BCUT2D eigenvalue weighted by atomic mass is 35.5. The second-order valence-corrected chi connectivity index (χ2v) is 6.14. The van der Waals surface area contributed by atoms with Crippen molar-refractivity contribution in [2.45, 2.75) is 13.5 Å². The zero-order chi connectivity index (χ0) is 17.6. The highest BCUT2D eigenvalue weighted by Gasteiger charge is 2.01. The van der Waals surface area contributed by atoms with Crippen LogP contribution in [0.2, 0.25) is 5.02 Å². The number of halogens is 1. The highest BCUT2D eigenvalue weighted by Crippen LogP contribution is 2.17. The van der Waals surface area contributed by atoms with Crippen LogP contribution in [0.4, 0.5) is 5.69 Å². The molecule has 0 bridgehead atoms. The summed E-state index contributed by atoms with van der Waals surface area (Å²) in [5, 5.41) is 7.74. The lowest BCUT2D eigenvalue weighted by atomic mass is 10.1. The summed E-state index contributed by atoms with van der Waals surface area (Å²) in [5.74, 6) is -0.187. The Hall–Kier alpha value is -2.85. The van der Waals surface area contributed by atoms with E-state index in [1.165, 1.54) is 6.08 Å². The van der Waals surface area contributed by atoms with Crippen LogP contribution in [0.25, 0.3) is 6.08 Å². The van der Waals surface area contributed by atoms with Crippen molar-refractivity contribution in [2.24, 2.45) is 0 Å².